The Hall–Kier alpha value is -2.87. The van der Waals surface area contributed by atoms with Crippen molar-refractivity contribution in [2.75, 3.05) is 7.11 Å². The fourth-order valence-corrected chi connectivity index (χ4v) is 2.73. The number of esters is 1. The molecule has 3 aromatic rings. The van der Waals surface area contributed by atoms with Gasteiger partial charge >= 0.3 is 5.97 Å². The van der Waals surface area contributed by atoms with Crippen LogP contribution in [0.2, 0.25) is 0 Å². The second-order valence-corrected chi connectivity index (χ2v) is 6.49. The van der Waals surface area contributed by atoms with E-state index in [1.54, 1.807) is 38.3 Å². The Kier molecular flexibility index (Phi) is 6.08. The summed E-state index contributed by atoms with van der Waals surface area (Å²) in [5.41, 5.74) is 1.20. The number of aryl methyl sites for hydroxylation is 1. The Morgan fingerprint density at radius 3 is 2.59 bits per heavy atom. The third kappa shape index (κ3) is 5.07. The van der Waals surface area contributed by atoms with Gasteiger partial charge in [0.05, 0.1) is 12.7 Å². The van der Waals surface area contributed by atoms with Crippen molar-refractivity contribution in [3.8, 4) is 11.5 Å². The highest BCUT2D eigenvalue weighted by Gasteiger charge is 2.11. The molecule has 0 radical (unpaired) electrons. The van der Waals surface area contributed by atoms with Crippen LogP contribution in [-0.4, -0.2) is 23.2 Å². The lowest BCUT2D eigenvalue weighted by Gasteiger charge is -2.10. The number of halogens is 1. The normalized spacial score (nSPS) is 10.5. The lowest BCUT2D eigenvalue weighted by atomic mass is 10.2. The number of hydrogen-bond donors (Lipinski definition) is 0. The molecule has 2 aromatic carbocycles. The zero-order valence-corrected chi connectivity index (χ0v) is 16.4. The first-order chi connectivity index (χ1) is 13.0. The number of benzene rings is 2. The lowest BCUT2D eigenvalue weighted by molar-refractivity contribution is 0.0470. The van der Waals surface area contributed by atoms with Gasteiger partial charge in [-0.3, -0.25) is 0 Å². The number of rotatable bonds is 7. The molecule has 7 nitrogen and oxygen atoms in total. The van der Waals surface area contributed by atoms with Crippen molar-refractivity contribution in [1.82, 2.24) is 10.1 Å². The molecule has 140 valence electrons. The SMILES string of the molecule is COc1ccc(Br)cc1COC(=O)c1ccc(OCc2noc(C)n2)cc1. The molecule has 0 unspecified atom stereocenters. The Morgan fingerprint density at radius 1 is 1.15 bits per heavy atom. The average Bonchev–Trinajstić information content (AvgIpc) is 3.10. The summed E-state index contributed by atoms with van der Waals surface area (Å²) in [6.45, 7) is 2.00. The Labute approximate surface area is 164 Å². The number of carbonyl (C=O) groups is 1. The summed E-state index contributed by atoms with van der Waals surface area (Å²) in [4.78, 5) is 16.3. The summed E-state index contributed by atoms with van der Waals surface area (Å²) in [7, 11) is 1.57. The molecule has 0 aliphatic rings. The van der Waals surface area contributed by atoms with Gasteiger partial charge in [0.2, 0.25) is 11.7 Å². The Balaban J connectivity index is 1.56. The number of carbonyl (C=O) groups excluding carboxylic acids is 1. The van der Waals surface area contributed by atoms with Crippen LogP contribution >= 0.6 is 15.9 Å². The van der Waals surface area contributed by atoms with Crippen molar-refractivity contribution in [2.45, 2.75) is 20.1 Å². The minimum atomic E-state index is -0.433. The van der Waals surface area contributed by atoms with E-state index in [-0.39, 0.29) is 13.2 Å². The van der Waals surface area contributed by atoms with Crippen LogP contribution in [0.15, 0.2) is 51.5 Å². The highest BCUT2D eigenvalue weighted by molar-refractivity contribution is 9.10. The average molecular weight is 433 g/mol. The minimum absolute atomic E-state index is 0.108. The monoisotopic (exact) mass is 432 g/mol. The Morgan fingerprint density at radius 2 is 1.93 bits per heavy atom. The van der Waals surface area contributed by atoms with Gasteiger partial charge in [0.25, 0.3) is 0 Å². The van der Waals surface area contributed by atoms with Gasteiger partial charge in [-0.15, -0.1) is 0 Å². The predicted octanol–water partition coefficient (Wildman–Crippen LogP) is 4.09. The van der Waals surface area contributed by atoms with Crippen LogP contribution in [0.4, 0.5) is 0 Å². The number of aromatic nitrogens is 2. The second-order valence-electron chi connectivity index (χ2n) is 5.57. The van der Waals surface area contributed by atoms with Crippen molar-refractivity contribution < 1.29 is 23.5 Å². The molecule has 27 heavy (non-hydrogen) atoms. The molecule has 0 amide bonds. The van der Waals surface area contributed by atoms with Crippen LogP contribution in [0.25, 0.3) is 0 Å². The van der Waals surface area contributed by atoms with E-state index in [0.717, 1.165) is 10.0 Å². The molecule has 1 heterocycles. The maximum Gasteiger partial charge on any atom is 0.338 e. The van der Waals surface area contributed by atoms with Crippen LogP contribution < -0.4 is 9.47 Å². The van der Waals surface area contributed by atoms with Gasteiger partial charge in [-0.05, 0) is 42.5 Å². The number of nitrogens with zero attached hydrogens (tertiary/aromatic N) is 2. The molecule has 0 aliphatic heterocycles. The molecule has 0 bridgehead atoms. The van der Waals surface area contributed by atoms with E-state index in [9.17, 15) is 4.79 Å². The first-order valence-electron chi connectivity index (χ1n) is 8.07. The molecule has 1 aromatic heterocycles. The smallest absolute Gasteiger partial charge is 0.338 e. The first-order valence-corrected chi connectivity index (χ1v) is 8.86. The van der Waals surface area contributed by atoms with Gasteiger partial charge in [0, 0.05) is 17.0 Å². The van der Waals surface area contributed by atoms with E-state index >= 15 is 0 Å². The van der Waals surface area contributed by atoms with Gasteiger partial charge in [0.1, 0.15) is 18.1 Å². The third-order valence-electron chi connectivity index (χ3n) is 3.63. The summed E-state index contributed by atoms with van der Waals surface area (Å²) in [6.07, 6.45) is 0. The minimum Gasteiger partial charge on any atom is -0.496 e. The van der Waals surface area contributed by atoms with Gasteiger partial charge < -0.3 is 18.7 Å². The second kappa shape index (κ2) is 8.68. The molecule has 0 spiro atoms. The third-order valence-corrected chi connectivity index (χ3v) is 4.12. The van der Waals surface area contributed by atoms with E-state index in [0.29, 0.717) is 28.8 Å². The van der Waals surface area contributed by atoms with Crippen molar-refractivity contribution in [2.24, 2.45) is 0 Å². The summed E-state index contributed by atoms with van der Waals surface area (Å²) in [6, 6.07) is 12.2. The summed E-state index contributed by atoms with van der Waals surface area (Å²) >= 11 is 3.39. The zero-order chi connectivity index (χ0) is 19.2. The summed E-state index contributed by atoms with van der Waals surface area (Å²) < 4.78 is 22.0. The maximum absolute atomic E-state index is 12.2. The molecule has 0 aliphatic carbocycles. The van der Waals surface area contributed by atoms with E-state index in [1.807, 2.05) is 18.2 Å². The predicted molar refractivity (Wildman–Crippen MR) is 99.6 cm³/mol. The van der Waals surface area contributed by atoms with Crippen LogP contribution in [-0.2, 0) is 18.0 Å². The van der Waals surface area contributed by atoms with Crippen molar-refractivity contribution in [3.05, 3.63) is 69.8 Å². The van der Waals surface area contributed by atoms with Crippen LogP contribution in [0, 0.1) is 6.92 Å². The van der Waals surface area contributed by atoms with Crippen molar-refractivity contribution >= 4 is 21.9 Å². The quantitative estimate of drug-likeness (QED) is 0.519. The standard InChI is InChI=1S/C19H17BrN2O5/c1-12-21-18(22-27-12)11-25-16-6-3-13(4-7-16)19(23)26-10-14-9-15(20)5-8-17(14)24-2/h3-9H,10-11H2,1-2H3. The summed E-state index contributed by atoms with van der Waals surface area (Å²) in [5.74, 6) is 1.75. The van der Waals surface area contributed by atoms with E-state index in [4.69, 9.17) is 18.7 Å². The molecule has 3 rings (SSSR count). The number of hydrogen-bond acceptors (Lipinski definition) is 7. The zero-order valence-electron chi connectivity index (χ0n) is 14.8. The molecule has 0 atom stereocenters. The molecule has 0 fully saturated rings. The van der Waals surface area contributed by atoms with Crippen LogP contribution in [0.1, 0.15) is 27.6 Å². The molecule has 8 heteroatoms. The van der Waals surface area contributed by atoms with Crippen molar-refractivity contribution in [3.63, 3.8) is 0 Å². The first kappa shape index (κ1) is 18.9. The molecule has 0 N–H and O–H groups in total. The number of methoxy groups -OCH3 is 1. The largest absolute Gasteiger partial charge is 0.496 e. The number of ether oxygens (including phenoxy) is 3. The fraction of sp³-hybridized carbons (Fsp3) is 0.211. The highest BCUT2D eigenvalue weighted by atomic mass is 79.9. The van der Waals surface area contributed by atoms with Crippen molar-refractivity contribution in [1.29, 1.82) is 0 Å². The van der Waals surface area contributed by atoms with E-state index < -0.39 is 5.97 Å². The van der Waals surface area contributed by atoms with Gasteiger partial charge in [0.15, 0.2) is 6.61 Å². The van der Waals surface area contributed by atoms with Crippen LogP contribution in [0.3, 0.4) is 0 Å². The highest BCUT2D eigenvalue weighted by Crippen LogP contribution is 2.24. The van der Waals surface area contributed by atoms with E-state index in [1.165, 1.54) is 0 Å². The Bertz CT molecular complexity index is 924. The summed E-state index contributed by atoms with van der Waals surface area (Å²) in [5, 5.41) is 3.75. The lowest BCUT2D eigenvalue weighted by Crippen LogP contribution is -2.06. The maximum atomic E-state index is 12.2. The van der Waals surface area contributed by atoms with Gasteiger partial charge in [-0.25, -0.2) is 4.79 Å². The molecule has 0 saturated heterocycles. The fourth-order valence-electron chi connectivity index (χ4n) is 2.32. The molecular formula is C19H17BrN2O5. The van der Waals surface area contributed by atoms with Gasteiger partial charge in [-0.2, -0.15) is 4.98 Å². The van der Waals surface area contributed by atoms with E-state index in [2.05, 4.69) is 26.1 Å². The molecular weight excluding hydrogens is 416 g/mol. The molecule has 0 saturated carbocycles. The van der Waals surface area contributed by atoms with Crippen LogP contribution in [0.5, 0.6) is 11.5 Å². The van der Waals surface area contributed by atoms with Gasteiger partial charge in [-0.1, -0.05) is 21.1 Å². The topological polar surface area (TPSA) is 83.7 Å².